The number of nitrogens with zero attached hydrogens (tertiary/aromatic N) is 1. The summed E-state index contributed by atoms with van der Waals surface area (Å²) < 4.78 is 46.9. The number of likely N-dealkylation sites (tertiary alicyclic amines) is 1. The summed E-state index contributed by atoms with van der Waals surface area (Å²) in [5.41, 5.74) is 0.235. The molecule has 4 rings (SSSR count). The van der Waals surface area contributed by atoms with Crippen molar-refractivity contribution in [2.75, 3.05) is 19.0 Å². The van der Waals surface area contributed by atoms with Crippen LogP contribution in [0, 0.1) is 11.2 Å². The molecule has 5 atom stereocenters. The molecular weight excluding hydrogens is 679 g/mol. The van der Waals surface area contributed by atoms with Gasteiger partial charge in [-0.25, -0.2) is 9.18 Å². The largest absolute Gasteiger partial charge is 0.490 e. The van der Waals surface area contributed by atoms with E-state index >= 15 is 4.39 Å². The summed E-state index contributed by atoms with van der Waals surface area (Å²) in [6, 6.07) is 8.90. The third kappa shape index (κ3) is 8.50. The van der Waals surface area contributed by atoms with E-state index in [0.29, 0.717) is 29.1 Å². The zero-order chi connectivity index (χ0) is 36.2. The van der Waals surface area contributed by atoms with E-state index in [1.807, 2.05) is 18.0 Å². The summed E-state index contributed by atoms with van der Waals surface area (Å²) in [7, 11) is 1.88. The summed E-state index contributed by atoms with van der Waals surface area (Å²) in [4.78, 5) is 39.4. The van der Waals surface area contributed by atoms with Gasteiger partial charge in [-0.1, -0.05) is 68.9 Å². The first kappa shape index (κ1) is 39.7. The highest BCUT2D eigenvalue weighted by Crippen LogP contribution is 2.60. The van der Waals surface area contributed by atoms with E-state index in [0.717, 1.165) is 24.8 Å². The van der Waals surface area contributed by atoms with Gasteiger partial charge in [0.25, 0.3) is 0 Å². The fourth-order valence-corrected chi connectivity index (χ4v) is 7.44. The summed E-state index contributed by atoms with van der Waals surface area (Å²) >= 11 is 12.6. The van der Waals surface area contributed by atoms with Gasteiger partial charge < -0.3 is 20.6 Å². The molecule has 2 aliphatic heterocycles. The minimum absolute atomic E-state index is 0.0773. The van der Waals surface area contributed by atoms with Crippen molar-refractivity contribution in [3.05, 3.63) is 63.4 Å². The maximum absolute atomic E-state index is 15.2. The number of likely N-dealkylation sites (N-methyl/N-ethyl adjacent to an activating group) is 1. The van der Waals surface area contributed by atoms with E-state index in [1.54, 1.807) is 18.2 Å². The molecule has 1 saturated heterocycles. The molecule has 2 heterocycles. The quantitative estimate of drug-likeness (QED) is 0.172. The number of fused-ring (bicyclic) bond motifs is 2. The van der Waals surface area contributed by atoms with Gasteiger partial charge in [-0.2, -0.15) is 13.2 Å². The molecule has 0 bridgehead atoms. The lowest BCUT2D eigenvalue weighted by Gasteiger charge is -2.40. The molecule has 8 nitrogen and oxygen atoms in total. The molecule has 1 amide bonds. The molecule has 0 radical (unpaired) electrons. The second kappa shape index (κ2) is 15.8. The molecule has 1 fully saturated rings. The number of aliphatic carboxylic acids is 1. The molecular formula is C34H42Cl2F4N2O6. The number of alkyl halides is 3. The van der Waals surface area contributed by atoms with Crippen molar-refractivity contribution in [3.63, 3.8) is 0 Å². The zero-order valence-electron chi connectivity index (χ0n) is 27.2. The fourth-order valence-electron chi connectivity index (χ4n) is 7.08. The van der Waals surface area contributed by atoms with Crippen LogP contribution in [0.2, 0.25) is 10.0 Å². The first-order chi connectivity index (χ1) is 22.3. The van der Waals surface area contributed by atoms with Gasteiger partial charge in [0, 0.05) is 29.1 Å². The van der Waals surface area contributed by atoms with Crippen molar-refractivity contribution in [2.45, 2.75) is 101 Å². The van der Waals surface area contributed by atoms with Gasteiger partial charge in [-0.05, 0) is 73.5 Å². The maximum Gasteiger partial charge on any atom is 0.490 e. The Morgan fingerprint density at radius 2 is 1.77 bits per heavy atom. The van der Waals surface area contributed by atoms with Crippen LogP contribution in [-0.4, -0.2) is 75.9 Å². The van der Waals surface area contributed by atoms with Crippen LogP contribution in [0.5, 0.6) is 0 Å². The fraction of sp³-hybridized carbons (Fsp3) is 0.559. The number of anilines is 1. The predicted octanol–water partition coefficient (Wildman–Crippen LogP) is 7.12. The summed E-state index contributed by atoms with van der Waals surface area (Å²) in [5, 5.41) is 29.6. The molecule has 2 aromatic rings. The van der Waals surface area contributed by atoms with E-state index in [-0.39, 0.29) is 41.6 Å². The number of unbranched alkanes of at least 4 members (excludes halogenated alkanes) is 1. The van der Waals surface area contributed by atoms with Crippen LogP contribution in [0.3, 0.4) is 0 Å². The number of aliphatic hydroxyl groups excluding tert-OH is 2. The SMILES string of the molecule is CCCCC(C)(C)C[C@H]1N(C)[C@@H](C(=O)CCC[C@H](O)CO)[C@H](c2cccc(Cl)c2)[C@@]12C(=O)Nc1cc(Cl)c(F)cc12.O=C(O)C(F)(F)F. The average Bonchev–Trinajstić information content (AvgIpc) is 3.41. The molecule has 14 heteroatoms. The highest BCUT2D eigenvalue weighted by Gasteiger charge is 2.68. The van der Waals surface area contributed by atoms with Gasteiger partial charge in [0.05, 0.1) is 23.8 Å². The van der Waals surface area contributed by atoms with Crippen molar-refractivity contribution in [3.8, 4) is 0 Å². The Hall–Kier alpha value is -2.77. The number of ketones is 1. The number of carbonyl (C=O) groups is 3. The van der Waals surface area contributed by atoms with Gasteiger partial charge in [-0.15, -0.1) is 0 Å². The van der Waals surface area contributed by atoms with E-state index in [9.17, 15) is 33.0 Å². The van der Waals surface area contributed by atoms with Gasteiger partial charge in [0.15, 0.2) is 5.78 Å². The Kier molecular flexibility index (Phi) is 13.1. The van der Waals surface area contributed by atoms with Gasteiger partial charge >= 0.3 is 12.1 Å². The summed E-state index contributed by atoms with van der Waals surface area (Å²) in [5.74, 6) is -4.40. The van der Waals surface area contributed by atoms with Crippen molar-refractivity contribution in [1.82, 2.24) is 4.90 Å². The monoisotopic (exact) mass is 720 g/mol. The van der Waals surface area contributed by atoms with E-state index in [4.69, 9.17) is 33.1 Å². The average molecular weight is 722 g/mol. The van der Waals surface area contributed by atoms with Crippen molar-refractivity contribution in [1.29, 1.82) is 0 Å². The smallest absolute Gasteiger partial charge is 0.475 e. The van der Waals surface area contributed by atoms with Crippen molar-refractivity contribution >= 4 is 46.5 Å². The van der Waals surface area contributed by atoms with Crippen LogP contribution in [-0.2, 0) is 19.8 Å². The third-order valence-electron chi connectivity index (χ3n) is 9.30. The van der Waals surface area contributed by atoms with Crippen molar-refractivity contribution < 1.29 is 47.3 Å². The Morgan fingerprint density at radius 3 is 2.33 bits per heavy atom. The minimum Gasteiger partial charge on any atom is -0.475 e. The highest BCUT2D eigenvalue weighted by atomic mass is 35.5. The number of benzene rings is 2. The number of aliphatic hydroxyl groups is 2. The number of carboxylic acid groups (broad SMARTS) is 1. The Bertz CT molecular complexity index is 1490. The van der Waals surface area contributed by atoms with E-state index < -0.39 is 47.5 Å². The number of carboxylic acids is 1. The lowest BCUT2D eigenvalue weighted by molar-refractivity contribution is -0.192. The molecule has 4 N–H and O–H groups in total. The van der Waals surface area contributed by atoms with Gasteiger partial charge in [-0.3, -0.25) is 14.5 Å². The molecule has 0 aromatic heterocycles. The Labute approximate surface area is 287 Å². The topological polar surface area (TPSA) is 127 Å². The zero-order valence-corrected chi connectivity index (χ0v) is 28.7. The number of nitrogens with one attached hydrogen (secondary N) is 1. The van der Waals surface area contributed by atoms with Crippen LogP contribution >= 0.6 is 23.2 Å². The number of hydrogen-bond acceptors (Lipinski definition) is 6. The minimum atomic E-state index is -5.08. The van der Waals surface area contributed by atoms with Crippen LogP contribution in [0.25, 0.3) is 0 Å². The molecule has 0 saturated carbocycles. The maximum atomic E-state index is 15.2. The van der Waals surface area contributed by atoms with Gasteiger partial charge in [0.2, 0.25) is 5.91 Å². The summed E-state index contributed by atoms with van der Waals surface area (Å²) in [6.07, 6.45) is -1.55. The molecule has 0 unspecified atom stereocenters. The number of hydrogen-bond donors (Lipinski definition) is 4. The van der Waals surface area contributed by atoms with E-state index in [2.05, 4.69) is 26.1 Å². The molecule has 1 spiro atoms. The number of amides is 1. The van der Waals surface area contributed by atoms with Crippen LogP contribution in [0.15, 0.2) is 36.4 Å². The van der Waals surface area contributed by atoms with Crippen LogP contribution < -0.4 is 5.32 Å². The van der Waals surface area contributed by atoms with Crippen LogP contribution in [0.1, 0.15) is 82.8 Å². The Morgan fingerprint density at radius 1 is 1.12 bits per heavy atom. The Balaban J connectivity index is 0.000000804. The molecule has 2 aliphatic rings. The number of Topliss-reactive ketones (excluding diaryl/α,β-unsaturated/α-hetero) is 1. The first-order valence-corrected chi connectivity index (χ1v) is 16.5. The van der Waals surface area contributed by atoms with Gasteiger partial charge in [0.1, 0.15) is 11.2 Å². The van der Waals surface area contributed by atoms with E-state index in [1.165, 1.54) is 12.1 Å². The third-order valence-corrected chi connectivity index (χ3v) is 9.82. The number of carbonyl (C=O) groups excluding carboxylic acids is 2. The molecule has 0 aliphatic carbocycles. The predicted molar refractivity (Wildman–Crippen MR) is 175 cm³/mol. The summed E-state index contributed by atoms with van der Waals surface area (Å²) in [6.45, 7) is 6.14. The van der Waals surface area contributed by atoms with Crippen LogP contribution in [0.4, 0.5) is 23.2 Å². The standard InChI is InChI=1S/C32H41Cl2FN2O4.C2HF3O2/c1-5-6-13-31(2,3)17-27-32(22-15-24(35)23(34)16-25(22)36-30(32)41)28(19-9-7-10-20(33)14-19)29(37(27)4)26(40)12-8-11-21(39)18-38;3-2(4,5)1(6)7/h7,9-10,14-16,21,27-29,38-39H,5-6,8,11-13,17-18H2,1-4H3,(H,36,41);(H,6,7)/t21-,27+,28-,29-,32-;/m0./s1. The normalized spacial score (nSPS) is 23.0. The second-order valence-electron chi connectivity index (χ2n) is 13.3. The first-order valence-electron chi connectivity index (χ1n) is 15.7. The van der Waals surface area contributed by atoms with Crippen molar-refractivity contribution in [2.24, 2.45) is 5.41 Å². The highest BCUT2D eigenvalue weighted by molar-refractivity contribution is 6.31. The molecule has 48 heavy (non-hydrogen) atoms. The lowest BCUT2D eigenvalue weighted by atomic mass is 9.61. The number of rotatable bonds is 12. The number of halogens is 6. The molecule has 266 valence electrons. The second-order valence-corrected chi connectivity index (χ2v) is 14.1. The lowest BCUT2D eigenvalue weighted by Crippen LogP contribution is -2.50. The molecule has 2 aromatic carbocycles.